The molecule has 2 aromatic heterocycles. The zero-order chi connectivity index (χ0) is 25.4. The summed E-state index contributed by atoms with van der Waals surface area (Å²) in [4.78, 5) is 21.7. The molecule has 36 heavy (non-hydrogen) atoms. The van der Waals surface area contributed by atoms with E-state index in [2.05, 4.69) is 14.7 Å². The maximum atomic E-state index is 15.1. The fourth-order valence-corrected chi connectivity index (χ4v) is 5.08. The summed E-state index contributed by atoms with van der Waals surface area (Å²) in [5, 5.41) is 0. The van der Waals surface area contributed by atoms with Gasteiger partial charge in [0, 0.05) is 42.7 Å². The molecule has 1 fully saturated rings. The molecule has 0 radical (unpaired) electrons. The standard InChI is InChI=1S/C23H21F2N5O5S/c1-14-17-6-5-16(34-22-18(24)4-2-8-27-22)12-19(17)35-23(31)30(14)13-15-7-9-26-21(20(15)25)28-36(32,33)29-10-3-11-29/h2,4-9,12,14H,3,10-11,13H2,1H3,(H,26,28)/t14-/m0/s1. The number of carbonyl (C=O) groups is 1. The smallest absolute Gasteiger partial charge is 0.416 e. The fourth-order valence-electron chi connectivity index (χ4n) is 3.82. The molecular weight excluding hydrogens is 496 g/mol. The van der Waals surface area contributed by atoms with Gasteiger partial charge in [0.1, 0.15) is 11.5 Å². The van der Waals surface area contributed by atoms with Crippen molar-refractivity contribution in [3.8, 4) is 17.4 Å². The van der Waals surface area contributed by atoms with Crippen LogP contribution in [0.1, 0.15) is 30.5 Å². The minimum atomic E-state index is -3.90. The second-order valence-corrected chi connectivity index (χ2v) is 9.93. The van der Waals surface area contributed by atoms with Crippen molar-refractivity contribution in [2.75, 3.05) is 17.8 Å². The van der Waals surface area contributed by atoms with Crippen LogP contribution in [0.3, 0.4) is 0 Å². The molecule has 4 heterocycles. The number of ether oxygens (including phenoxy) is 2. The first-order valence-corrected chi connectivity index (χ1v) is 12.5. The van der Waals surface area contributed by atoms with Crippen molar-refractivity contribution in [2.45, 2.75) is 25.9 Å². The van der Waals surface area contributed by atoms with Crippen LogP contribution in [0, 0.1) is 11.6 Å². The molecule has 0 saturated carbocycles. The maximum absolute atomic E-state index is 15.1. The number of amides is 1. The number of nitrogens with zero attached hydrogens (tertiary/aromatic N) is 4. The summed E-state index contributed by atoms with van der Waals surface area (Å²) in [5.41, 5.74) is 0.681. The SMILES string of the molecule is C[C@H]1c2ccc(Oc3ncccc3F)cc2OC(=O)N1Cc1ccnc(NS(=O)(=O)N2CCC2)c1F. The third-order valence-electron chi connectivity index (χ3n) is 5.96. The lowest BCUT2D eigenvalue weighted by Crippen LogP contribution is -2.45. The van der Waals surface area contributed by atoms with Crippen LogP contribution < -0.4 is 14.2 Å². The highest BCUT2D eigenvalue weighted by molar-refractivity contribution is 7.90. The largest absolute Gasteiger partial charge is 0.436 e. The topological polar surface area (TPSA) is 114 Å². The Balaban J connectivity index is 1.35. The van der Waals surface area contributed by atoms with E-state index >= 15 is 4.39 Å². The van der Waals surface area contributed by atoms with Gasteiger partial charge in [0.25, 0.3) is 5.88 Å². The van der Waals surface area contributed by atoms with Crippen LogP contribution in [0.2, 0.25) is 0 Å². The summed E-state index contributed by atoms with van der Waals surface area (Å²) in [6.45, 7) is 2.27. The zero-order valence-corrected chi connectivity index (χ0v) is 19.8. The molecule has 0 aliphatic carbocycles. The van der Waals surface area contributed by atoms with Gasteiger partial charge < -0.3 is 9.47 Å². The molecule has 0 spiro atoms. The zero-order valence-electron chi connectivity index (χ0n) is 19.0. The van der Waals surface area contributed by atoms with Crippen LogP contribution in [0.25, 0.3) is 0 Å². The van der Waals surface area contributed by atoms with Crippen molar-refractivity contribution in [3.05, 3.63) is 71.6 Å². The van der Waals surface area contributed by atoms with Crippen LogP contribution >= 0.6 is 0 Å². The molecular formula is C23H21F2N5O5S. The van der Waals surface area contributed by atoms with E-state index in [4.69, 9.17) is 9.47 Å². The van der Waals surface area contributed by atoms with Gasteiger partial charge >= 0.3 is 16.3 Å². The molecule has 2 aliphatic heterocycles. The second kappa shape index (κ2) is 9.32. The molecule has 10 nitrogen and oxygen atoms in total. The van der Waals surface area contributed by atoms with Gasteiger partial charge in [0.15, 0.2) is 17.5 Å². The van der Waals surface area contributed by atoms with Crippen molar-refractivity contribution in [2.24, 2.45) is 0 Å². The predicted octanol–water partition coefficient (Wildman–Crippen LogP) is 3.99. The van der Waals surface area contributed by atoms with Gasteiger partial charge in [-0.15, -0.1) is 0 Å². The van der Waals surface area contributed by atoms with Crippen LogP contribution in [-0.4, -0.2) is 46.8 Å². The summed E-state index contributed by atoms with van der Waals surface area (Å²) in [5.74, 6) is -1.74. The Bertz CT molecular complexity index is 1430. The summed E-state index contributed by atoms with van der Waals surface area (Å²) >= 11 is 0. The fraction of sp³-hybridized carbons (Fsp3) is 0.261. The van der Waals surface area contributed by atoms with Crippen molar-refractivity contribution in [1.82, 2.24) is 19.2 Å². The normalized spacial score (nSPS) is 17.7. The van der Waals surface area contributed by atoms with Crippen LogP contribution in [0.4, 0.5) is 19.4 Å². The first-order valence-electron chi connectivity index (χ1n) is 11.0. The quantitative estimate of drug-likeness (QED) is 0.504. The van der Waals surface area contributed by atoms with E-state index < -0.39 is 39.8 Å². The van der Waals surface area contributed by atoms with E-state index in [1.165, 1.54) is 45.9 Å². The van der Waals surface area contributed by atoms with E-state index in [-0.39, 0.29) is 29.5 Å². The number of hydrogen-bond donors (Lipinski definition) is 1. The Labute approximate surface area is 205 Å². The van der Waals surface area contributed by atoms with Crippen molar-refractivity contribution >= 4 is 22.1 Å². The highest BCUT2D eigenvalue weighted by atomic mass is 32.2. The lowest BCUT2D eigenvalue weighted by molar-refractivity contribution is 0.116. The summed E-state index contributed by atoms with van der Waals surface area (Å²) in [6, 6.07) is 8.18. The van der Waals surface area contributed by atoms with E-state index in [0.717, 1.165) is 6.42 Å². The van der Waals surface area contributed by atoms with E-state index in [9.17, 15) is 17.6 Å². The molecule has 0 bridgehead atoms. The molecule has 2 aliphatic rings. The third kappa shape index (κ3) is 4.54. The lowest BCUT2D eigenvalue weighted by atomic mass is 10.0. The maximum Gasteiger partial charge on any atom is 0.416 e. The average molecular weight is 518 g/mol. The third-order valence-corrected chi connectivity index (χ3v) is 7.46. The number of fused-ring (bicyclic) bond motifs is 1. The van der Waals surface area contributed by atoms with Crippen LogP contribution in [0.5, 0.6) is 17.4 Å². The van der Waals surface area contributed by atoms with Gasteiger partial charge in [-0.1, -0.05) is 0 Å². The van der Waals surface area contributed by atoms with Crippen LogP contribution in [0.15, 0.2) is 48.8 Å². The monoisotopic (exact) mass is 517 g/mol. The molecule has 1 aromatic carbocycles. The van der Waals surface area contributed by atoms with E-state index in [1.54, 1.807) is 19.1 Å². The Morgan fingerprint density at radius 1 is 1.17 bits per heavy atom. The van der Waals surface area contributed by atoms with Gasteiger partial charge in [-0.3, -0.25) is 9.62 Å². The number of nitrogens with one attached hydrogen (secondary N) is 1. The Kier molecular flexibility index (Phi) is 6.18. The number of carbonyl (C=O) groups excluding carboxylic acids is 1. The molecule has 1 saturated heterocycles. The number of hydrogen-bond acceptors (Lipinski definition) is 7. The molecule has 0 unspecified atom stereocenters. The number of pyridine rings is 2. The summed E-state index contributed by atoms with van der Waals surface area (Å²) in [6.07, 6.45) is 2.65. The molecule has 1 N–H and O–H groups in total. The highest BCUT2D eigenvalue weighted by Crippen LogP contribution is 2.39. The van der Waals surface area contributed by atoms with Crippen molar-refractivity contribution in [1.29, 1.82) is 0 Å². The van der Waals surface area contributed by atoms with Gasteiger partial charge in [0.05, 0.1) is 12.6 Å². The molecule has 1 atom stereocenters. The predicted molar refractivity (Wildman–Crippen MR) is 124 cm³/mol. The van der Waals surface area contributed by atoms with Gasteiger partial charge in [-0.05, 0) is 43.7 Å². The van der Waals surface area contributed by atoms with Crippen LogP contribution in [-0.2, 0) is 16.8 Å². The van der Waals surface area contributed by atoms with Crippen molar-refractivity contribution < 1.29 is 31.5 Å². The number of aromatic nitrogens is 2. The Morgan fingerprint density at radius 2 is 1.97 bits per heavy atom. The molecule has 3 aromatic rings. The average Bonchev–Trinajstić information content (AvgIpc) is 2.78. The summed E-state index contributed by atoms with van der Waals surface area (Å²) in [7, 11) is -3.90. The second-order valence-electron chi connectivity index (χ2n) is 8.26. The number of anilines is 1. The van der Waals surface area contributed by atoms with E-state index in [0.29, 0.717) is 18.7 Å². The number of rotatable bonds is 7. The van der Waals surface area contributed by atoms with Gasteiger partial charge in [0.2, 0.25) is 0 Å². The minimum Gasteiger partial charge on any atom is -0.436 e. The Morgan fingerprint density at radius 3 is 2.69 bits per heavy atom. The number of halogens is 2. The first kappa shape index (κ1) is 23.9. The first-order chi connectivity index (χ1) is 17.2. The molecule has 13 heteroatoms. The van der Waals surface area contributed by atoms with Gasteiger partial charge in [-0.25, -0.2) is 23.5 Å². The number of benzene rings is 1. The molecule has 188 valence electrons. The minimum absolute atomic E-state index is 0.0594. The molecule has 5 rings (SSSR count). The summed E-state index contributed by atoms with van der Waals surface area (Å²) < 4.78 is 67.9. The highest BCUT2D eigenvalue weighted by Gasteiger charge is 2.34. The lowest BCUT2D eigenvalue weighted by Gasteiger charge is -2.34. The molecule has 1 amide bonds. The van der Waals surface area contributed by atoms with Crippen molar-refractivity contribution in [3.63, 3.8) is 0 Å². The van der Waals surface area contributed by atoms with Gasteiger partial charge in [-0.2, -0.15) is 12.7 Å². The van der Waals surface area contributed by atoms with E-state index in [1.807, 2.05) is 0 Å². The Hall–Kier alpha value is -3.84.